The topological polar surface area (TPSA) is 106 Å². The largest absolute Gasteiger partial charge is 0.480 e. The van der Waals surface area contributed by atoms with Crippen molar-refractivity contribution in [1.82, 2.24) is 26.6 Å². The molecule has 34 heavy (non-hydrogen) atoms. The van der Waals surface area contributed by atoms with E-state index in [9.17, 15) is 14.7 Å². The van der Waals surface area contributed by atoms with Gasteiger partial charge in [0.15, 0.2) is 0 Å². The average Bonchev–Trinajstić information content (AvgIpc) is 2.82. The first-order valence-electron chi connectivity index (χ1n) is 12.0. The molecule has 1 saturated heterocycles. The molecule has 1 amide bonds. The van der Waals surface area contributed by atoms with E-state index in [-0.39, 0.29) is 30.7 Å². The number of carbonyl (C=O) groups excluding carboxylic acids is 1. The Hall–Kier alpha value is -2.78. The summed E-state index contributed by atoms with van der Waals surface area (Å²) in [5, 5.41) is 9.81. The molecule has 0 spiro atoms. The van der Waals surface area contributed by atoms with Crippen LogP contribution in [0.5, 0.6) is 0 Å². The van der Waals surface area contributed by atoms with E-state index in [0.717, 1.165) is 35.1 Å². The Bertz CT molecular complexity index is 955. The van der Waals surface area contributed by atoms with Crippen LogP contribution in [0.25, 0.3) is 11.1 Å². The molecule has 1 atom stereocenters. The zero-order valence-corrected chi connectivity index (χ0v) is 20.5. The van der Waals surface area contributed by atoms with Crippen molar-refractivity contribution in [3.8, 4) is 11.1 Å². The van der Waals surface area contributed by atoms with Crippen LogP contribution in [0.3, 0.4) is 0 Å². The van der Waals surface area contributed by atoms with E-state index in [1.807, 2.05) is 64.1 Å². The van der Waals surface area contributed by atoms with E-state index < -0.39 is 12.0 Å². The van der Waals surface area contributed by atoms with Crippen molar-refractivity contribution < 1.29 is 14.7 Å². The summed E-state index contributed by atoms with van der Waals surface area (Å²) in [6.45, 7) is 7.99. The summed E-state index contributed by atoms with van der Waals surface area (Å²) in [6, 6.07) is 15.3. The summed E-state index contributed by atoms with van der Waals surface area (Å²) in [5.74, 6) is -1.26. The number of aliphatic carboxylic acids is 1. The summed E-state index contributed by atoms with van der Waals surface area (Å²) in [5.41, 5.74) is 17.0. The third-order valence-corrected chi connectivity index (χ3v) is 6.06. The van der Waals surface area contributed by atoms with Crippen molar-refractivity contribution >= 4 is 11.9 Å². The lowest BCUT2D eigenvalue weighted by Gasteiger charge is -2.32. The standard InChI is InChI=1S/C26H37N5O3/c1-5-6-11-23(32)31(24(17(2)3)26(33)34)16-19-12-14-20(15-13-19)21-9-7-8-10-22(21)25-29-27-18(4)28-30-25/h7-10,12-15,17-18,24-25,27-30H,5-6,11,16H2,1-4H3,(H,33,34). The summed E-state index contributed by atoms with van der Waals surface area (Å²) < 4.78 is 0. The zero-order chi connectivity index (χ0) is 24.7. The molecule has 0 saturated carbocycles. The van der Waals surface area contributed by atoms with E-state index in [1.54, 1.807) is 0 Å². The van der Waals surface area contributed by atoms with Crippen LogP contribution in [-0.2, 0) is 16.1 Å². The van der Waals surface area contributed by atoms with Crippen molar-refractivity contribution in [2.24, 2.45) is 5.92 Å². The molecule has 184 valence electrons. The second kappa shape index (κ2) is 12.1. The highest BCUT2D eigenvalue weighted by Crippen LogP contribution is 2.28. The number of rotatable bonds is 10. The Labute approximate surface area is 202 Å². The van der Waals surface area contributed by atoms with Gasteiger partial charge >= 0.3 is 5.97 Å². The normalized spacial score (nSPS) is 19.1. The number of carboxylic acid groups (broad SMARTS) is 1. The van der Waals surface area contributed by atoms with Crippen LogP contribution in [0.1, 0.15) is 64.3 Å². The predicted octanol–water partition coefficient (Wildman–Crippen LogP) is 3.53. The maximum Gasteiger partial charge on any atom is 0.326 e. The molecule has 2 aromatic rings. The van der Waals surface area contributed by atoms with Crippen LogP contribution in [0.4, 0.5) is 0 Å². The van der Waals surface area contributed by atoms with Crippen LogP contribution >= 0.6 is 0 Å². The highest BCUT2D eigenvalue weighted by atomic mass is 16.4. The van der Waals surface area contributed by atoms with Gasteiger partial charge in [-0.25, -0.2) is 26.5 Å². The molecule has 5 N–H and O–H groups in total. The third-order valence-electron chi connectivity index (χ3n) is 6.06. The number of carboxylic acids is 1. The van der Waals surface area contributed by atoms with Gasteiger partial charge in [-0.1, -0.05) is 75.7 Å². The smallest absolute Gasteiger partial charge is 0.326 e. The van der Waals surface area contributed by atoms with Crippen molar-refractivity contribution in [1.29, 1.82) is 0 Å². The fraction of sp³-hybridized carbons (Fsp3) is 0.462. The highest BCUT2D eigenvalue weighted by Gasteiger charge is 2.32. The van der Waals surface area contributed by atoms with E-state index in [1.165, 1.54) is 4.90 Å². The molecular formula is C26H37N5O3. The van der Waals surface area contributed by atoms with Crippen molar-refractivity contribution in [3.63, 3.8) is 0 Å². The first-order valence-corrected chi connectivity index (χ1v) is 12.0. The molecule has 8 heteroatoms. The van der Waals surface area contributed by atoms with Gasteiger partial charge in [0, 0.05) is 13.0 Å². The summed E-state index contributed by atoms with van der Waals surface area (Å²) in [7, 11) is 0. The molecule has 0 bridgehead atoms. The van der Waals surface area contributed by atoms with Gasteiger partial charge in [-0.15, -0.1) is 0 Å². The molecular weight excluding hydrogens is 430 g/mol. The fourth-order valence-electron chi connectivity index (χ4n) is 4.23. The number of hydrogen-bond donors (Lipinski definition) is 5. The van der Waals surface area contributed by atoms with Crippen LogP contribution in [-0.4, -0.2) is 34.1 Å². The lowest BCUT2D eigenvalue weighted by atomic mass is 9.96. The number of unbranched alkanes of at least 4 members (excludes halogenated alkanes) is 1. The molecule has 0 aromatic heterocycles. The molecule has 8 nitrogen and oxygen atoms in total. The third kappa shape index (κ3) is 6.42. The Morgan fingerprint density at radius 2 is 1.65 bits per heavy atom. The van der Waals surface area contributed by atoms with Gasteiger partial charge < -0.3 is 10.0 Å². The maximum atomic E-state index is 12.9. The van der Waals surface area contributed by atoms with E-state index in [2.05, 4.69) is 33.8 Å². The lowest BCUT2D eigenvalue weighted by Crippen LogP contribution is -2.63. The quantitative estimate of drug-likeness (QED) is 0.364. The molecule has 1 aliphatic heterocycles. The molecule has 0 aliphatic carbocycles. The van der Waals surface area contributed by atoms with Gasteiger partial charge in [-0.3, -0.25) is 4.79 Å². The summed E-state index contributed by atoms with van der Waals surface area (Å²) in [4.78, 5) is 26.4. The Morgan fingerprint density at radius 3 is 2.24 bits per heavy atom. The van der Waals surface area contributed by atoms with Crippen molar-refractivity contribution in [2.75, 3.05) is 0 Å². The minimum atomic E-state index is -0.964. The molecule has 3 rings (SSSR count). The van der Waals surface area contributed by atoms with Crippen LogP contribution in [0, 0.1) is 5.92 Å². The number of nitrogens with zero attached hydrogens (tertiary/aromatic N) is 1. The molecule has 0 radical (unpaired) electrons. The minimum absolute atomic E-state index is 0.103. The van der Waals surface area contributed by atoms with Gasteiger partial charge in [0.05, 0.1) is 6.17 Å². The molecule has 1 heterocycles. The SMILES string of the molecule is CCCCC(=O)N(Cc1ccc(-c2ccccc2C2NNC(C)NN2)cc1)C(C(=O)O)C(C)C. The Morgan fingerprint density at radius 1 is 1.00 bits per heavy atom. The molecule has 1 unspecified atom stereocenters. The van der Waals surface area contributed by atoms with Gasteiger partial charge in [-0.2, -0.15) is 0 Å². The van der Waals surface area contributed by atoms with Crippen LogP contribution in [0.15, 0.2) is 48.5 Å². The maximum absolute atomic E-state index is 12.9. The van der Waals surface area contributed by atoms with Gasteiger partial charge in [0.25, 0.3) is 0 Å². The van der Waals surface area contributed by atoms with Gasteiger partial charge in [0.2, 0.25) is 5.91 Å². The Balaban J connectivity index is 1.83. The monoisotopic (exact) mass is 467 g/mol. The number of hydrazine groups is 2. The second-order valence-corrected chi connectivity index (χ2v) is 9.17. The summed E-state index contributed by atoms with van der Waals surface area (Å²) >= 11 is 0. The van der Waals surface area contributed by atoms with E-state index >= 15 is 0 Å². The number of amides is 1. The number of benzene rings is 2. The first-order chi connectivity index (χ1) is 16.3. The average molecular weight is 468 g/mol. The van der Waals surface area contributed by atoms with Crippen molar-refractivity contribution in [2.45, 2.75) is 71.9 Å². The highest BCUT2D eigenvalue weighted by molar-refractivity contribution is 5.84. The molecule has 1 aliphatic rings. The minimum Gasteiger partial charge on any atom is -0.480 e. The number of nitrogens with one attached hydrogen (secondary N) is 4. The van der Waals surface area contributed by atoms with Crippen LogP contribution < -0.4 is 21.7 Å². The van der Waals surface area contributed by atoms with Gasteiger partial charge in [0.1, 0.15) is 12.2 Å². The lowest BCUT2D eigenvalue weighted by molar-refractivity contribution is -0.153. The van der Waals surface area contributed by atoms with E-state index in [0.29, 0.717) is 6.42 Å². The predicted molar refractivity (Wildman–Crippen MR) is 133 cm³/mol. The zero-order valence-electron chi connectivity index (χ0n) is 20.5. The van der Waals surface area contributed by atoms with E-state index in [4.69, 9.17) is 0 Å². The number of hydrogen-bond acceptors (Lipinski definition) is 6. The summed E-state index contributed by atoms with van der Waals surface area (Å²) in [6.07, 6.45) is 2.00. The Kier molecular flexibility index (Phi) is 9.18. The van der Waals surface area contributed by atoms with Crippen molar-refractivity contribution in [3.05, 3.63) is 59.7 Å². The molecule has 2 aromatic carbocycles. The number of carbonyl (C=O) groups is 2. The molecule has 1 fully saturated rings. The second-order valence-electron chi connectivity index (χ2n) is 9.17. The first kappa shape index (κ1) is 25.8. The fourth-order valence-corrected chi connectivity index (χ4v) is 4.23. The van der Waals surface area contributed by atoms with Crippen LogP contribution in [0.2, 0.25) is 0 Å². The van der Waals surface area contributed by atoms with Gasteiger partial charge in [-0.05, 0) is 41.5 Å².